The van der Waals surface area contributed by atoms with Crippen molar-refractivity contribution in [2.24, 2.45) is 0 Å². The Kier molecular flexibility index (Phi) is 5.17. The highest BCUT2D eigenvalue weighted by atomic mass is 35.5. The van der Waals surface area contributed by atoms with Crippen LogP contribution in [0.15, 0.2) is 54.6 Å². The molecule has 0 aromatic heterocycles. The molecule has 7 heteroatoms. The van der Waals surface area contributed by atoms with Gasteiger partial charge in [0.2, 0.25) is 10.0 Å². The lowest BCUT2D eigenvalue weighted by atomic mass is 10.2. The van der Waals surface area contributed by atoms with Crippen LogP contribution in [0, 0.1) is 0 Å². The van der Waals surface area contributed by atoms with E-state index in [-0.39, 0.29) is 10.9 Å². The van der Waals surface area contributed by atoms with Crippen LogP contribution < -0.4 is 10.0 Å². The van der Waals surface area contributed by atoms with Gasteiger partial charge in [-0.1, -0.05) is 41.9 Å². The molecule has 2 N–H and O–H groups in total. The number of thiocarbonyl (C=S) groups is 1. The van der Waals surface area contributed by atoms with E-state index >= 15 is 0 Å². The first-order valence-corrected chi connectivity index (χ1v) is 8.49. The second-order valence-electron chi connectivity index (χ2n) is 4.31. The van der Waals surface area contributed by atoms with Crippen molar-refractivity contribution in [2.75, 3.05) is 5.32 Å². The summed E-state index contributed by atoms with van der Waals surface area (Å²) >= 11 is 10.8. The summed E-state index contributed by atoms with van der Waals surface area (Å²) < 4.78 is 26.3. The molecule has 0 aliphatic carbocycles. The minimum Gasteiger partial charge on any atom is -0.332 e. The number of anilines is 1. The molecule has 2 rings (SSSR count). The van der Waals surface area contributed by atoms with Crippen molar-refractivity contribution >= 4 is 44.6 Å². The molecular formula is C14H13ClN2O2S2. The van der Waals surface area contributed by atoms with E-state index in [4.69, 9.17) is 23.8 Å². The average molecular weight is 341 g/mol. The molecule has 21 heavy (non-hydrogen) atoms. The molecule has 0 saturated heterocycles. The molecule has 2 aromatic carbocycles. The SMILES string of the molecule is O=S(=O)(Cc1ccccc1)NC(=S)Nc1ccc(Cl)cc1. The standard InChI is InChI=1S/C14H13ClN2O2S2/c15-12-6-8-13(9-7-12)16-14(20)17-21(18,19)10-11-4-2-1-3-5-11/h1-9H,10H2,(H2,16,17,20). The Bertz CT molecular complexity index is 716. The third-order valence-corrected chi connectivity index (χ3v) is 4.36. The van der Waals surface area contributed by atoms with Gasteiger partial charge in [0, 0.05) is 10.7 Å². The number of hydrogen-bond acceptors (Lipinski definition) is 3. The van der Waals surface area contributed by atoms with E-state index in [0.29, 0.717) is 16.3 Å². The highest BCUT2D eigenvalue weighted by molar-refractivity contribution is 7.91. The lowest BCUT2D eigenvalue weighted by molar-refractivity contribution is 0.592. The summed E-state index contributed by atoms with van der Waals surface area (Å²) in [6.45, 7) is 0. The molecule has 0 aliphatic rings. The van der Waals surface area contributed by atoms with Crippen molar-refractivity contribution in [1.29, 1.82) is 0 Å². The van der Waals surface area contributed by atoms with E-state index in [1.165, 1.54) is 0 Å². The van der Waals surface area contributed by atoms with Crippen LogP contribution in [0.25, 0.3) is 0 Å². The highest BCUT2D eigenvalue weighted by Crippen LogP contribution is 2.13. The Balaban J connectivity index is 1.96. The first kappa shape index (κ1) is 15.8. The summed E-state index contributed by atoms with van der Waals surface area (Å²) in [5.74, 6) is -0.129. The minimum atomic E-state index is -3.54. The van der Waals surface area contributed by atoms with Crippen molar-refractivity contribution < 1.29 is 8.42 Å². The van der Waals surface area contributed by atoms with Crippen LogP contribution in [-0.2, 0) is 15.8 Å². The first-order valence-electron chi connectivity index (χ1n) is 6.05. The Morgan fingerprint density at radius 1 is 1.05 bits per heavy atom. The summed E-state index contributed by atoms with van der Waals surface area (Å²) in [5, 5.41) is 3.41. The Labute approximate surface area is 134 Å². The van der Waals surface area contributed by atoms with Gasteiger partial charge < -0.3 is 5.32 Å². The fourth-order valence-corrected chi connectivity index (χ4v) is 3.32. The van der Waals surface area contributed by atoms with Crippen LogP contribution in [-0.4, -0.2) is 13.5 Å². The van der Waals surface area contributed by atoms with Crippen LogP contribution >= 0.6 is 23.8 Å². The van der Waals surface area contributed by atoms with Crippen molar-refractivity contribution in [1.82, 2.24) is 4.72 Å². The zero-order valence-electron chi connectivity index (χ0n) is 10.9. The van der Waals surface area contributed by atoms with E-state index in [1.54, 1.807) is 48.5 Å². The van der Waals surface area contributed by atoms with Gasteiger partial charge in [-0.15, -0.1) is 0 Å². The normalized spacial score (nSPS) is 10.9. The Morgan fingerprint density at radius 3 is 2.29 bits per heavy atom. The highest BCUT2D eigenvalue weighted by Gasteiger charge is 2.13. The molecule has 0 spiro atoms. The molecule has 0 amide bonds. The molecule has 0 radical (unpaired) electrons. The number of benzene rings is 2. The number of hydrogen-bond donors (Lipinski definition) is 2. The number of rotatable bonds is 4. The van der Waals surface area contributed by atoms with E-state index in [1.807, 2.05) is 6.07 Å². The zero-order chi connectivity index (χ0) is 15.3. The van der Waals surface area contributed by atoms with Crippen LogP contribution in [0.4, 0.5) is 5.69 Å². The summed E-state index contributed by atoms with van der Waals surface area (Å²) in [7, 11) is -3.54. The third-order valence-electron chi connectivity index (χ3n) is 2.55. The van der Waals surface area contributed by atoms with E-state index in [9.17, 15) is 8.42 Å². The van der Waals surface area contributed by atoms with Gasteiger partial charge in [0.05, 0.1) is 5.75 Å². The van der Waals surface area contributed by atoms with Crippen molar-refractivity contribution in [3.05, 3.63) is 65.2 Å². The number of halogens is 1. The van der Waals surface area contributed by atoms with Crippen LogP contribution in [0.2, 0.25) is 5.02 Å². The second-order valence-corrected chi connectivity index (χ2v) is 6.87. The summed E-state index contributed by atoms with van der Waals surface area (Å²) in [6, 6.07) is 15.7. The Hall–Kier alpha value is -1.63. The monoisotopic (exact) mass is 340 g/mol. The Morgan fingerprint density at radius 2 is 1.67 bits per heavy atom. The molecule has 110 valence electrons. The second kappa shape index (κ2) is 6.89. The molecule has 0 saturated carbocycles. The first-order chi connectivity index (χ1) is 9.94. The van der Waals surface area contributed by atoms with Gasteiger partial charge in [-0.2, -0.15) is 0 Å². The predicted molar refractivity (Wildman–Crippen MR) is 89.9 cm³/mol. The molecule has 0 heterocycles. The number of sulfonamides is 1. The van der Waals surface area contributed by atoms with Gasteiger partial charge in [0.15, 0.2) is 5.11 Å². The summed E-state index contributed by atoms with van der Waals surface area (Å²) in [6.07, 6.45) is 0. The topological polar surface area (TPSA) is 58.2 Å². The van der Waals surface area contributed by atoms with E-state index in [0.717, 1.165) is 0 Å². The van der Waals surface area contributed by atoms with Crippen molar-refractivity contribution in [3.63, 3.8) is 0 Å². The largest absolute Gasteiger partial charge is 0.332 e. The van der Waals surface area contributed by atoms with Gasteiger partial charge >= 0.3 is 0 Å². The molecule has 0 aliphatic heterocycles. The van der Waals surface area contributed by atoms with Gasteiger partial charge in [0.25, 0.3) is 0 Å². The summed E-state index contributed by atoms with van der Waals surface area (Å²) in [5.41, 5.74) is 1.35. The van der Waals surface area contributed by atoms with Gasteiger partial charge in [-0.25, -0.2) is 8.42 Å². The van der Waals surface area contributed by atoms with Crippen molar-refractivity contribution in [3.8, 4) is 0 Å². The average Bonchev–Trinajstić information content (AvgIpc) is 2.41. The van der Waals surface area contributed by atoms with Crippen LogP contribution in [0.1, 0.15) is 5.56 Å². The van der Waals surface area contributed by atoms with Crippen molar-refractivity contribution in [2.45, 2.75) is 5.75 Å². The predicted octanol–water partition coefficient (Wildman–Crippen LogP) is 3.16. The van der Waals surface area contributed by atoms with Gasteiger partial charge in [-0.3, -0.25) is 4.72 Å². The molecule has 2 aromatic rings. The lowest BCUT2D eigenvalue weighted by Crippen LogP contribution is -2.34. The van der Waals surface area contributed by atoms with Gasteiger partial charge in [0.1, 0.15) is 0 Å². The van der Waals surface area contributed by atoms with E-state index < -0.39 is 10.0 Å². The molecule has 0 bridgehead atoms. The lowest BCUT2D eigenvalue weighted by Gasteiger charge is -2.11. The maximum atomic E-state index is 12.0. The zero-order valence-corrected chi connectivity index (χ0v) is 13.3. The van der Waals surface area contributed by atoms with Crippen LogP contribution in [0.5, 0.6) is 0 Å². The molecule has 0 unspecified atom stereocenters. The fourth-order valence-electron chi connectivity index (χ4n) is 1.66. The molecule has 4 nitrogen and oxygen atoms in total. The number of nitrogens with one attached hydrogen (secondary N) is 2. The van der Waals surface area contributed by atoms with E-state index in [2.05, 4.69) is 10.0 Å². The minimum absolute atomic E-state index is 0.0215. The fraction of sp³-hybridized carbons (Fsp3) is 0.0714. The summed E-state index contributed by atoms with van der Waals surface area (Å²) in [4.78, 5) is 0. The molecule has 0 atom stereocenters. The quantitative estimate of drug-likeness (QED) is 0.839. The maximum Gasteiger partial charge on any atom is 0.238 e. The van der Waals surface area contributed by atoms with Gasteiger partial charge in [-0.05, 0) is 42.0 Å². The smallest absolute Gasteiger partial charge is 0.238 e. The molecular weight excluding hydrogens is 328 g/mol. The maximum absolute atomic E-state index is 12.0. The third kappa shape index (κ3) is 5.34. The molecule has 0 fully saturated rings. The van der Waals surface area contributed by atoms with Crippen LogP contribution in [0.3, 0.4) is 0 Å².